The number of aliphatic imine (C=N–C) groups is 1. The van der Waals surface area contributed by atoms with Crippen LogP contribution in [0.25, 0.3) is 12.2 Å². The van der Waals surface area contributed by atoms with Crippen molar-refractivity contribution < 1.29 is 0 Å². The standard InChI is InChI=1S/C10H10S.C6H9N.2C2H6/c1-3-5-9-7-8-11-10(9)6-4-2;1-3-5-7-6-4-2;2*1-2/h3-8H,1-2H2;3-6H,1H2,2H3;2*1-2H3/b9-5-,10-6+;6-4-,7-5?;;. The Bertz CT molecular complexity index is 496. The maximum Gasteiger partial charge on any atom is 0.0342 e. The molecule has 0 saturated carbocycles. The van der Waals surface area contributed by atoms with Gasteiger partial charge in [0.1, 0.15) is 0 Å². The molecule has 0 aromatic carbocycles. The average molecular weight is 318 g/mol. The second-order valence-electron chi connectivity index (χ2n) is 3.06. The molecule has 0 atom stereocenters. The molecule has 0 saturated heterocycles. The predicted molar refractivity (Wildman–Crippen MR) is 109 cm³/mol. The number of allylic oxidation sites excluding steroid dienone is 4. The van der Waals surface area contributed by atoms with Crippen LogP contribution in [0.4, 0.5) is 0 Å². The number of hydrogen-bond donors (Lipinski definition) is 0. The van der Waals surface area contributed by atoms with Crippen LogP contribution in [-0.4, -0.2) is 6.21 Å². The molecule has 122 valence electrons. The maximum absolute atomic E-state index is 3.78. The molecular formula is C20H31NS. The van der Waals surface area contributed by atoms with Crippen molar-refractivity contribution in [3.8, 4) is 0 Å². The second kappa shape index (κ2) is 24.1. The molecule has 0 N–H and O–H groups in total. The molecule has 0 aliphatic rings. The Morgan fingerprint density at radius 1 is 0.955 bits per heavy atom. The fourth-order valence-electron chi connectivity index (χ4n) is 1.03. The van der Waals surface area contributed by atoms with Crippen LogP contribution in [0.15, 0.2) is 66.7 Å². The van der Waals surface area contributed by atoms with E-state index in [0.29, 0.717) is 0 Å². The van der Waals surface area contributed by atoms with E-state index >= 15 is 0 Å². The Balaban J connectivity index is -0.000000285. The van der Waals surface area contributed by atoms with Crippen molar-refractivity contribution in [3.63, 3.8) is 0 Å². The molecule has 1 nitrogen and oxygen atoms in total. The van der Waals surface area contributed by atoms with E-state index in [0.717, 1.165) is 0 Å². The van der Waals surface area contributed by atoms with Gasteiger partial charge in [-0.1, -0.05) is 77.8 Å². The minimum atomic E-state index is 1.21. The van der Waals surface area contributed by atoms with Crippen LogP contribution in [0.2, 0.25) is 0 Å². The Morgan fingerprint density at radius 2 is 1.55 bits per heavy atom. The molecule has 1 rings (SSSR count). The van der Waals surface area contributed by atoms with Gasteiger partial charge in [-0.3, -0.25) is 4.99 Å². The first kappa shape index (κ1) is 25.0. The van der Waals surface area contributed by atoms with Crippen LogP contribution in [0.3, 0.4) is 0 Å². The van der Waals surface area contributed by atoms with Crippen molar-refractivity contribution in [2.45, 2.75) is 34.6 Å². The lowest BCUT2D eigenvalue weighted by Crippen LogP contribution is -2.16. The fraction of sp³-hybridized carbons (Fsp3) is 0.250. The van der Waals surface area contributed by atoms with E-state index in [4.69, 9.17) is 0 Å². The van der Waals surface area contributed by atoms with E-state index in [9.17, 15) is 0 Å². The zero-order valence-corrected chi connectivity index (χ0v) is 15.6. The van der Waals surface area contributed by atoms with Crippen molar-refractivity contribution >= 4 is 29.7 Å². The van der Waals surface area contributed by atoms with E-state index in [1.54, 1.807) is 42.0 Å². The van der Waals surface area contributed by atoms with Gasteiger partial charge in [0.05, 0.1) is 0 Å². The van der Waals surface area contributed by atoms with E-state index in [1.807, 2.05) is 52.8 Å². The normalized spacial score (nSPS) is 10.8. The number of rotatable bonds is 4. The second-order valence-corrected chi connectivity index (χ2v) is 4.01. The quantitative estimate of drug-likeness (QED) is 0.649. The van der Waals surface area contributed by atoms with Gasteiger partial charge in [-0.25, -0.2) is 0 Å². The molecule has 0 fully saturated rings. The topological polar surface area (TPSA) is 12.4 Å². The zero-order valence-electron chi connectivity index (χ0n) is 14.8. The highest BCUT2D eigenvalue weighted by atomic mass is 32.1. The molecule has 0 aliphatic heterocycles. The van der Waals surface area contributed by atoms with Gasteiger partial charge in [0.25, 0.3) is 0 Å². The third-order valence-electron chi connectivity index (χ3n) is 1.72. The van der Waals surface area contributed by atoms with Gasteiger partial charge in [0.15, 0.2) is 0 Å². The molecule has 1 aromatic rings. The first-order valence-electron chi connectivity index (χ1n) is 7.54. The lowest BCUT2D eigenvalue weighted by Gasteiger charge is -1.73. The number of nitrogens with zero attached hydrogens (tertiary/aromatic N) is 1. The van der Waals surface area contributed by atoms with Crippen LogP contribution in [0, 0.1) is 0 Å². The molecule has 0 bridgehead atoms. The first-order valence-corrected chi connectivity index (χ1v) is 8.42. The van der Waals surface area contributed by atoms with Crippen LogP contribution in [0.1, 0.15) is 34.6 Å². The van der Waals surface area contributed by atoms with E-state index < -0.39 is 0 Å². The van der Waals surface area contributed by atoms with Crippen molar-refractivity contribution in [2.24, 2.45) is 4.99 Å². The van der Waals surface area contributed by atoms with Crippen LogP contribution < -0.4 is 9.75 Å². The molecule has 0 amide bonds. The first-order chi connectivity index (χ1) is 10.8. The smallest absolute Gasteiger partial charge is 0.0342 e. The number of thiophene rings is 1. The van der Waals surface area contributed by atoms with Crippen molar-refractivity contribution in [3.05, 3.63) is 71.4 Å². The predicted octanol–water partition coefficient (Wildman–Crippen LogP) is 5.51. The Hall–Kier alpha value is -1.93. The van der Waals surface area contributed by atoms with Crippen molar-refractivity contribution in [1.82, 2.24) is 0 Å². The molecule has 0 unspecified atom stereocenters. The summed E-state index contributed by atoms with van der Waals surface area (Å²) in [6, 6.07) is 2.07. The summed E-state index contributed by atoms with van der Waals surface area (Å²) >= 11 is 1.71. The third-order valence-corrected chi connectivity index (χ3v) is 2.62. The van der Waals surface area contributed by atoms with E-state index in [2.05, 4.69) is 36.2 Å². The highest BCUT2D eigenvalue weighted by molar-refractivity contribution is 7.07. The summed E-state index contributed by atoms with van der Waals surface area (Å²) < 4.78 is 1.24. The van der Waals surface area contributed by atoms with Gasteiger partial charge in [-0.15, -0.1) is 11.3 Å². The van der Waals surface area contributed by atoms with Crippen LogP contribution in [-0.2, 0) is 0 Å². The molecule has 1 heterocycles. The van der Waals surface area contributed by atoms with Gasteiger partial charge in [-0.2, -0.15) is 0 Å². The molecule has 0 aliphatic carbocycles. The van der Waals surface area contributed by atoms with Crippen LogP contribution >= 0.6 is 11.3 Å². The average Bonchev–Trinajstić information content (AvgIpc) is 3.01. The summed E-state index contributed by atoms with van der Waals surface area (Å²) in [5.74, 6) is 0. The summed E-state index contributed by atoms with van der Waals surface area (Å²) in [7, 11) is 0. The van der Waals surface area contributed by atoms with Gasteiger partial charge in [0.2, 0.25) is 0 Å². The summed E-state index contributed by atoms with van der Waals surface area (Å²) in [5.41, 5.74) is 0. The van der Waals surface area contributed by atoms with Gasteiger partial charge >= 0.3 is 0 Å². The van der Waals surface area contributed by atoms with Gasteiger partial charge < -0.3 is 0 Å². The van der Waals surface area contributed by atoms with Gasteiger partial charge in [-0.05, 0) is 29.7 Å². The highest BCUT2D eigenvalue weighted by Crippen LogP contribution is 1.81. The van der Waals surface area contributed by atoms with Crippen molar-refractivity contribution in [2.75, 3.05) is 0 Å². The largest absolute Gasteiger partial charge is 0.265 e. The monoisotopic (exact) mass is 317 g/mol. The molecule has 1 aromatic heterocycles. The lowest BCUT2D eigenvalue weighted by atomic mass is 10.3. The van der Waals surface area contributed by atoms with Gasteiger partial charge in [0, 0.05) is 16.9 Å². The minimum Gasteiger partial charge on any atom is -0.265 e. The summed E-state index contributed by atoms with van der Waals surface area (Å²) in [6.07, 6.45) is 14.4. The molecular weight excluding hydrogens is 286 g/mol. The zero-order chi connectivity index (χ0) is 17.6. The maximum atomic E-state index is 3.78. The highest BCUT2D eigenvalue weighted by Gasteiger charge is 1.81. The third kappa shape index (κ3) is 16.1. The minimum absolute atomic E-state index is 1.21. The molecule has 2 heteroatoms. The van der Waals surface area contributed by atoms with Crippen LogP contribution in [0.5, 0.6) is 0 Å². The molecule has 0 radical (unpaired) electrons. The summed E-state index contributed by atoms with van der Waals surface area (Å²) in [6.45, 7) is 20.7. The summed E-state index contributed by atoms with van der Waals surface area (Å²) in [5, 5.41) is 3.27. The Labute approximate surface area is 141 Å². The Morgan fingerprint density at radius 3 is 2.00 bits per heavy atom. The van der Waals surface area contributed by atoms with Crippen molar-refractivity contribution in [1.29, 1.82) is 0 Å². The van der Waals surface area contributed by atoms with E-state index in [1.165, 1.54) is 9.75 Å². The molecule has 22 heavy (non-hydrogen) atoms. The molecule has 0 spiro atoms. The summed E-state index contributed by atoms with van der Waals surface area (Å²) in [4.78, 5) is 3.78. The Kier molecular flexibility index (Phi) is 27.5. The fourth-order valence-corrected chi connectivity index (χ4v) is 1.84. The lowest BCUT2D eigenvalue weighted by molar-refractivity contribution is 1.50. The number of hydrogen-bond acceptors (Lipinski definition) is 2. The SMILES string of the molecule is C=C/C=c1/ccs/c1=C/C=C.C=CC=N/C=C\C.CC.CC. The van der Waals surface area contributed by atoms with E-state index in [-0.39, 0.29) is 0 Å².